The van der Waals surface area contributed by atoms with Crippen molar-refractivity contribution in [2.75, 3.05) is 37.8 Å². The van der Waals surface area contributed by atoms with Gasteiger partial charge in [-0.25, -0.2) is 0 Å². The quantitative estimate of drug-likeness (QED) is 0.689. The van der Waals surface area contributed by atoms with Gasteiger partial charge in [0.25, 0.3) is 0 Å². The summed E-state index contributed by atoms with van der Waals surface area (Å²) in [6, 6.07) is 7.03. The molecule has 1 aromatic carbocycles. The number of hydrogen-bond acceptors (Lipinski definition) is 4. The topological polar surface area (TPSA) is 87.5 Å². The number of nitrogens with zero attached hydrogens (tertiary/aromatic N) is 1. The van der Waals surface area contributed by atoms with E-state index in [0.717, 1.165) is 0 Å². The van der Waals surface area contributed by atoms with Crippen molar-refractivity contribution < 1.29 is 9.59 Å². The van der Waals surface area contributed by atoms with Crippen molar-refractivity contribution in [1.82, 2.24) is 4.90 Å². The molecule has 0 spiro atoms. The third-order valence-corrected chi connectivity index (χ3v) is 3.02. The summed E-state index contributed by atoms with van der Waals surface area (Å²) in [4.78, 5) is 25.3. The number of rotatable bonds is 7. The van der Waals surface area contributed by atoms with Crippen LogP contribution in [0.4, 0.5) is 11.4 Å². The van der Waals surface area contributed by atoms with E-state index >= 15 is 0 Å². The van der Waals surface area contributed by atoms with E-state index < -0.39 is 0 Å². The van der Waals surface area contributed by atoms with Crippen LogP contribution in [0.2, 0.25) is 0 Å². The summed E-state index contributed by atoms with van der Waals surface area (Å²) < 4.78 is 0. The van der Waals surface area contributed by atoms with Crippen LogP contribution in [-0.2, 0) is 9.59 Å². The SMILES string of the molecule is CC(CN)C(=O)Nc1ccc(NC(=O)CCN(C)C)cc1.Cl.Cl. The van der Waals surface area contributed by atoms with Crippen molar-refractivity contribution in [1.29, 1.82) is 0 Å². The first kappa shape index (κ1) is 23.9. The molecule has 0 heterocycles. The van der Waals surface area contributed by atoms with Gasteiger partial charge in [0.05, 0.1) is 0 Å². The van der Waals surface area contributed by atoms with E-state index in [1.54, 1.807) is 31.2 Å². The van der Waals surface area contributed by atoms with Crippen LogP contribution < -0.4 is 16.4 Å². The summed E-state index contributed by atoms with van der Waals surface area (Å²) in [5.74, 6) is -0.368. The number of nitrogens with two attached hydrogens (primary N) is 1. The molecule has 132 valence electrons. The van der Waals surface area contributed by atoms with E-state index in [0.29, 0.717) is 30.9 Å². The summed E-state index contributed by atoms with van der Waals surface area (Å²) in [6.45, 7) is 2.79. The standard InChI is InChI=1S/C15H24N4O2.2ClH/c1-11(10-16)15(21)18-13-6-4-12(5-7-13)17-14(20)8-9-19(2)3;;/h4-7,11H,8-10,16H2,1-3H3,(H,17,20)(H,18,21);2*1H. The molecule has 0 saturated heterocycles. The Bertz CT molecular complexity index is 481. The van der Waals surface area contributed by atoms with Gasteiger partial charge in [-0.15, -0.1) is 24.8 Å². The first-order valence-corrected chi connectivity index (χ1v) is 6.98. The molecule has 0 saturated carbocycles. The molecular formula is C15H26Cl2N4O2. The molecule has 0 aliphatic rings. The van der Waals surface area contributed by atoms with E-state index in [-0.39, 0.29) is 42.5 Å². The van der Waals surface area contributed by atoms with Crippen LogP contribution >= 0.6 is 24.8 Å². The highest BCUT2D eigenvalue weighted by molar-refractivity contribution is 5.94. The van der Waals surface area contributed by atoms with Crippen LogP contribution in [0.5, 0.6) is 0 Å². The average Bonchev–Trinajstić information content (AvgIpc) is 2.46. The van der Waals surface area contributed by atoms with Crippen LogP contribution in [-0.4, -0.2) is 43.9 Å². The number of halogens is 2. The Morgan fingerprint density at radius 3 is 2.00 bits per heavy atom. The van der Waals surface area contributed by atoms with E-state index in [1.807, 2.05) is 19.0 Å². The zero-order valence-corrected chi connectivity index (χ0v) is 15.3. The first-order chi connectivity index (χ1) is 9.92. The van der Waals surface area contributed by atoms with E-state index in [9.17, 15) is 9.59 Å². The number of hydrogen-bond donors (Lipinski definition) is 3. The summed E-state index contributed by atoms with van der Waals surface area (Å²) in [6.07, 6.45) is 0.444. The summed E-state index contributed by atoms with van der Waals surface area (Å²) in [7, 11) is 3.85. The molecule has 6 nitrogen and oxygen atoms in total. The molecular weight excluding hydrogens is 339 g/mol. The van der Waals surface area contributed by atoms with Crippen LogP contribution in [0, 0.1) is 5.92 Å². The maximum Gasteiger partial charge on any atom is 0.228 e. The van der Waals surface area contributed by atoms with Crippen molar-refractivity contribution in [2.45, 2.75) is 13.3 Å². The van der Waals surface area contributed by atoms with Gasteiger partial charge in [-0.1, -0.05) is 6.92 Å². The van der Waals surface area contributed by atoms with Crippen LogP contribution in [0.25, 0.3) is 0 Å². The second kappa shape index (κ2) is 12.1. The highest BCUT2D eigenvalue weighted by atomic mass is 35.5. The molecule has 2 amide bonds. The van der Waals surface area contributed by atoms with E-state index in [4.69, 9.17) is 5.73 Å². The van der Waals surface area contributed by atoms with Crippen LogP contribution in [0.15, 0.2) is 24.3 Å². The van der Waals surface area contributed by atoms with Crippen LogP contribution in [0.1, 0.15) is 13.3 Å². The van der Waals surface area contributed by atoms with Gasteiger partial charge in [0, 0.05) is 36.8 Å². The van der Waals surface area contributed by atoms with Gasteiger partial charge in [0.1, 0.15) is 0 Å². The lowest BCUT2D eigenvalue weighted by Gasteiger charge is -2.11. The predicted octanol–water partition coefficient (Wildman–Crippen LogP) is 1.95. The second-order valence-corrected chi connectivity index (χ2v) is 5.30. The van der Waals surface area contributed by atoms with Gasteiger partial charge in [-0.3, -0.25) is 9.59 Å². The third-order valence-electron chi connectivity index (χ3n) is 3.02. The van der Waals surface area contributed by atoms with Gasteiger partial charge in [0.2, 0.25) is 11.8 Å². The lowest BCUT2D eigenvalue weighted by atomic mass is 10.1. The second-order valence-electron chi connectivity index (χ2n) is 5.30. The Morgan fingerprint density at radius 2 is 1.57 bits per heavy atom. The van der Waals surface area contributed by atoms with E-state index in [2.05, 4.69) is 10.6 Å². The minimum Gasteiger partial charge on any atom is -0.330 e. The average molecular weight is 365 g/mol. The smallest absolute Gasteiger partial charge is 0.228 e. The molecule has 8 heteroatoms. The molecule has 0 aliphatic heterocycles. The predicted molar refractivity (Wildman–Crippen MR) is 99.6 cm³/mol. The summed E-state index contributed by atoms with van der Waals surface area (Å²) in [5.41, 5.74) is 6.84. The lowest BCUT2D eigenvalue weighted by molar-refractivity contribution is -0.119. The Kier molecular flexibility index (Phi) is 12.6. The molecule has 0 bridgehead atoms. The molecule has 4 N–H and O–H groups in total. The zero-order chi connectivity index (χ0) is 15.8. The zero-order valence-electron chi connectivity index (χ0n) is 13.7. The Hall–Kier alpha value is -1.34. The fourth-order valence-electron chi connectivity index (χ4n) is 1.56. The molecule has 0 aliphatic carbocycles. The largest absolute Gasteiger partial charge is 0.330 e. The summed E-state index contributed by atoms with van der Waals surface area (Å²) >= 11 is 0. The van der Waals surface area contributed by atoms with Crippen molar-refractivity contribution in [2.24, 2.45) is 11.7 Å². The molecule has 1 aromatic rings. The van der Waals surface area contributed by atoms with Gasteiger partial charge in [0.15, 0.2) is 0 Å². The maximum atomic E-state index is 11.7. The molecule has 1 rings (SSSR count). The van der Waals surface area contributed by atoms with Crippen molar-refractivity contribution in [3.05, 3.63) is 24.3 Å². The lowest BCUT2D eigenvalue weighted by Crippen LogP contribution is -2.26. The number of carbonyl (C=O) groups is 2. The van der Waals surface area contributed by atoms with Crippen molar-refractivity contribution in [3.8, 4) is 0 Å². The highest BCUT2D eigenvalue weighted by Crippen LogP contribution is 2.14. The molecule has 1 unspecified atom stereocenters. The number of amides is 2. The molecule has 0 aromatic heterocycles. The normalized spacial score (nSPS) is 11.0. The fraction of sp³-hybridized carbons (Fsp3) is 0.467. The Morgan fingerprint density at radius 1 is 1.09 bits per heavy atom. The minimum absolute atomic E-state index is 0. The fourth-order valence-corrected chi connectivity index (χ4v) is 1.56. The molecule has 0 radical (unpaired) electrons. The monoisotopic (exact) mass is 364 g/mol. The molecule has 1 atom stereocenters. The molecule has 0 fully saturated rings. The number of carbonyl (C=O) groups excluding carboxylic acids is 2. The van der Waals surface area contributed by atoms with Gasteiger partial charge < -0.3 is 21.3 Å². The maximum absolute atomic E-state index is 11.7. The van der Waals surface area contributed by atoms with Gasteiger partial charge in [-0.05, 0) is 38.4 Å². The third kappa shape index (κ3) is 9.40. The van der Waals surface area contributed by atoms with Crippen LogP contribution in [0.3, 0.4) is 0 Å². The Labute approximate surface area is 150 Å². The minimum atomic E-state index is -0.226. The number of benzene rings is 1. The molecule has 23 heavy (non-hydrogen) atoms. The van der Waals surface area contributed by atoms with E-state index in [1.165, 1.54) is 0 Å². The summed E-state index contributed by atoms with van der Waals surface area (Å²) in [5, 5.41) is 5.59. The Balaban J connectivity index is 0. The van der Waals surface area contributed by atoms with Crippen molar-refractivity contribution >= 4 is 48.0 Å². The first-order valence-electron chi connectivity index (χ1n) is 6.98. The number of nitrogens with one attached hydrogen (secondary N) is 2. The highest BCUT2D eigenvalue weighted by Gasteiger charge is 2.10. The van der Waals surface area contributed by atoms with Crippen molar-refractivity contribution in [3.63, 3.8) is 0 Å². The van der Waals surface area contributed by atoms with Gasteiger partial charge in [-0.2, -0.15) is 0 Å². The van der Waals surface area contributed by atoms with Gasteiger partial charge >= 0.3 is 0 Å². The number of anilines is 2.